The van der Waals surface area contributed by atoms with Crippen LogP contribution in [-0.2, 0) is 16.0 Å². The Morgan fingerprint density at radius 1 is 1.09 bits per heavy atom. The molecule has 0 saturated carbocycles. The molecule has 0 heterocycles. The molecule has 0 radical (unpaired) electrons. The van der Waals surface area contributed by atoms with Gasteiger partial charge in [0.15, 0.2) is 0 Å². The van der Waals surface area contributed by atoms with Crippen molar-refractivity contribution in [1.82, 2.24) is 0 Å². The first kappa shape index (κ1) is 17.6. The molecule has 0 aliphatic rings. The fraction of sp³-hybridized carbons (Fsp3) is 0.350. The SMILES string of the molecule is CCOC(=O)C(C)[C@H](C)Cc1ccc(-c2cccc(Cl)c2)cc1. The predicted molar refractivity (Wildman–Crippen MR) is 95.6 cm³/mol. The van der Waals surface area contributed by atoms with Gasteiger partial charge in [0.1, 0.15) is 0 Å². The zero-order valence-corrected chi connectivity index (χ0v) is 14.6. The molecule has 0 aliphatic heterocycles. The molecule has 2 atom stereocenters. The van der Waals surface area contributed by atoms with Gasteiger partial charge >= 0.3 is 5.97 Å². The van der Waals surface area contributed by atoms with E-state index in [9.17, 15) is 4.79 Å². The molecular weight excluding hydrogens is 308 g/mol. The summed E-state index contributed by atoms with van der Waals surface area (Å²) in [5.74, 6) is 0.0316. The number of carbonyl (C=O) groups excluding carboxylic acids is 1. The van der Waals surface area contributed by atoms with Gasteiger partial charge in [-0.2, -0.15) is 0 Å². The van der Waals surface area contributed by atoms with E-state index in [0.717, 1.165) is 22.6 Å². The van der Waals surface area contributed by atoms with E-state index in [1.807, 2.05) is 38.1 Å². The van der Waals surface area contributed by atoms with Gasteiger partial charge in [0.25, 0.3) is 0 Å². The van der Waals surface area contributed by atoms with Crippen LogP contribution in [0.1, 0.15) is 26.3 Å². The van der Waals surface area contributed by atoms with Crippen LogP contribution in [0.25, 0.3) is 11.1 Å². The van der Waals surface area contributed by atoms with Crippen molar-refractivity contribution in [2.45, 2.75) is 27.2 Å². The quantitative estimate of drug-likeness (QED) is 0.664. The summed E-state index contributed by atoms with van der Waals surface area (Å²) in [7, 11) is 0. The molecule has 2 nitrogen and oxygen atoms in total. The molecule has 0 bridgehead atoms. The highest BCUT2D eigenvalue weighted by Gasteiger charge is 2.21. The van der Waals surface area contributed by atoms with Gasteiger partial charge in [-0.15, -0.1) is 0 Å². The molecule has 0 amide bonds. The van der Waals surface area contributed by atoms with Crippen molar-refractivity contribution in [2.75, 3.05) is 6.61 Å². The lowest BCUT2D eigenvalue weighted by Crippen LogP contribution is -2.22. The van der Waals surface area contributed by atoms with Crippen molar-refractivity contribution in [3.8, 4) is 11.1 Å². The summed E-state index contributed by atoms with van der Waals surface area (Å²) in [5, 5.41) is 0.739. The minimum absolute atomic E-state index is 0.0949. The Labute approximate surface area is 143 Å². The molecule has 0 fully saturated rings. The Kier molecular flexibility index (Phi) is 6.23. The van der Waals surface area contributed by atoms with E-state index < -0.39 is 0 Å². The first-order valence-corrected chi connectivity index (χ1v) is 8.40. The largest absolute Gasteiger partial charge is 0.466 e. The molecule has 0 aliphatic carbocycles. The third kappa shape index (κ3) is 4.84. The molecule has 122 valence electrons. The molecular formula is C20H23ClO2. The van der Waals surface area contributed by atoms with Gasteiger partial charge in [-0.25, -0.2) is 0 Å². The number of hydrogen-bond donors (Lipinski definition) is 0. The lowest BCUT2D eigenvalue weighted by Gasteiger charge is -2.18. The number of carbonyl (C=O) groups is 1. The molecule has 0 spiro atoms. The van der Waals surface area contributed by atoms with Gasteiger partial charge in [0.05, 0.1) is 12.5 Å². The van der Waals surface area contributed by atoms with Crippen molar-refractivity contribution in [3.63, 3.8) is 0 Å². The van der Waals surface area contributed by atoms with Gasteiger partial charge in [-0.3, -0.25) is 4.79 Å². The van der Waals surface area contributed by atoms with Crippen molar-refractivity contribution in [3.05, 3.63) is 59.1 Å². The summed E-state index contributed by atoms with van der Waals surface area (Å²) in [6.07, 6.45) is 0.857. The van der Waals surface area contributed by atoms with Gasteiger partial charge in [-0.05, 0) is 48.1 Å². The first-order chi connectivity index (χ1) is 11.0. The number of hydrogen-bond acceptors (Lipinski definition) is 2. The van der Waals surface area contributed by atoms with Crippen LogP contribution in [0.15, 0.2) is 48.5 Å². The second-order valence-corrected chi connectivity index (χ2v) is 6.37. The average Bonchev–Trinajstić information content (AvgIpc) is 2.55. The van der Waals surface area contributed by atoms with Gasteiger partial charge in [-0.1, -0.05) is 61.8 Å². The second kappa shape index (κ2) is 8.16. The summed E-state index contributed by atoms with van der Waals surface area (Å²) in [6.45, 7) is 6.30. The standard InChI is InChI=1S/C20H23ClO2/c1-4-23-20(22)15(3)14(2)12-16-8-10-17(11-9-16)18-6-5-7-19(21)13-18/h5-11,13-15H,4,12H2,1-3H3/t14-,15?/m1/s1. The topological polar surface area (TPSA) is 26.3 Å². The third-order valence-electron chi connectivity index (χ3n) is 4.18. The summed E-state index contributed by atoms with van der Waals surface area (Å²) in [6, 6.07) is 16.3. The second-order valence-electron chi connectivity index (χ2n) is 5.93. The molecule has 23 heavy (non-hydrogen) atoms. The number of benzene rings is 2. The molecule has 0 aromatic heterocycles. The van der Waals surface area contributed by atoms with Crippen LogP contribution in [0.5, 0.6) is 0 Å². The van der Waals surface area contributed by atoms with Gasteiger partial charge in [0.2, 0.25) is 0 Å². The van der Waals surface area contributed by atoms with E-state index in [4.69, 9.17) is 16.3 Å². The summed E-state index contributed by atoms with van der Waals surface area (Å²) in [4.78, 5) is 11.8. The Morgan fingerprint density at radius 2 is 1.78 bits per heavy atom. The molecule has 2 aromatic rings. The van der Waals surface area contributed by atoms with E-state index in [-0.39, 0.29) is 17.8 Å². The average molecular weight is 331 g/mol. The molecule has 2 rings (SSSR count). The van der Waals surface area contributed by atoms with Crippen molar-refractivity contribution in [2.24, 2.45) is 11.8 Å². The lowest BCUT2D eigenvalue weighted by atomic mass is 9.89. The van der Waals surface area contributed by atoms with E-state index in [0.29, 0.717) is 6.61 Å². The van der Waals surface area contributed by atoms with E-state index in [1.54, 1.807) is 0 Å². The highest BCUT2D eigenvalue weighted by atomic mass is 35.5. The zero-order chi connectivity index (χ0) is 16.8. The monoisotopic (exact) mass is 330 g/mol. The summed E-state index contributed by atoms with van der Waals surface area (Å²) in [5.41, 5.74) is 3.47. The van der Waals surface area contributed by atoms with Crippen LogP contribution < -0.4 is 0 Å². The molecule has 2 aromatic carbocycles. The Bertz CT molecular complexity index is 649. The van der Waals surface area contributed by atoms with E-state index >= 15 is 0 Å². The summed E-state index contributed by atoms with van der Waals surface area (Å²) < 4.78 is 5.10. The number of ether oxygens (including phenoxy) is 1. The maximum Gasteiger partial charge on any atom is 0.308 e. The smallest absolute Gasteiger partial charge is 0.308 e. The highest BCUT2D eigenvalue weighted by Crippen LogP contribution is 2.24. The van der Waals surface area contributed by atoms with Crippen molar-refractivity contribution in [1.29, 1.82) is 0 Å². The van der Waals surface area contributed by atoms with Crippen LogP contribution >= 0.6 is 11.6 Å². The lowest BCUT2D eigenvalue weighted by molar-refractivity contribution is -0.149. The summed E-state index contributed by atoms with van der Waals surface area (Å²) >= 11 is 6.04. The number of esters is 1. The van der Waals surface area contributed by atoms with Gasteiger partial charge in [0, 0.05) is 5.02 Å². The maximum absolute atomic E-state index is 11.8. The minimum Gasteiger partial charge on any atom is -0.466 e. The molecule has 1 unspecified atom stereocenters. The van der Waals surface area contributed by atoms with Crippen LogP contribution in [-0.4, -0.2) is 12.6 Å². The molecule has 0 N–H and O–H groups in total. The van der Waals surface area contributed by atoms with Gasteiger partial charge < -0.3 is 4.74 Å². The Balaban J connectivity index is 2.04. The maximum atomic E-state index is 11.8. The zero-order valence-electron chi connectivity index (χ0n) is 13.9. The fourth-order valence-electron chi connectivity index (χ4n) is 2.56. The fourth-order valence-corrected chi connectivity index (χ4v) is 2.75. The van der Waals surface area contributed by atoms with Crippen LogP contribution in [0.2, 0.25) is 5.02 Å². The third-order valence-corrected chi connectivity index (χ3v) is 4.42. The Morgan fingerprint density at radius 3 is 2.39 bits per heavy atom. The van der Waals surface area contributed by atoms with Crippen LogP contribution in [0.4, 0.5) is 0 Å². The predicted octanol–water partition coefficient (Wildman–Crippen LogP) is 5.38. The molecule has 3 heteroatoms. The number of halogens is 1. The van der Waals surface area contributed by atoms with E-state index in [1.165, 1.54) is 5.56 Å². The number of rotatable bonds is 6. The van der Waals surface area contributed by atoms with Crippen LogP contribution in [0.3, 0.4) is 0 Å². The van der Waals surface area contributed by atoms with Crippen molar-refractivity contribution >= 4 is 17.6 Å². The Hall–Kier alpha value is -1.80. The molecule has 0 saturated heterocycles. The highest BCUT2D eigenvalue weighted by molar-refractivity contribution is 6.30. The van der Waals surface area contributed by atoms with E-state index in [2.05, 4.69) is 31.2 Å². The van der Waals surface area contributed by atoms with Crippen molar-refractivity contribution < 1.29 is 9.53 Å². The minimum atomic E-state index is -0.115. The normalized spacial score (nSPS) is 13.4. The first-order valence-electron chi connectivity index (χ1n) is 8.02. The van der Waals surface area contributed by atoms with Crippen LogP contribution in [0, 0.1) is 11.8 Å².